The Morgan fingerprint density at radius 1 is 1.33 bits per heavy atom. The largest absolute Gasteiger partial charge is 0.444 e. The topological polar surface area (TPSA) is 93.4 Å². The Morgan fingerprint density at radius 2 is 1.96 bits per heavy atom. The molecule has 1 aromatic rings. The highest BCUT2D eigenvalue weighted by molar-refractivity contribution is 6.42. The van der Waals surface area contributed by atoms with Crippen LogP contribution in [-0.2, 0) is 9.53 Å². The molecule has 0 radical (unpaired) electrons. The minimum Gasteiger partial charge on any atom is -0.444 e. The number of rotatable bonds is 5. The minimum absolute atomic E-state index is 0.0398. The number of carbonyl (C=O) groups is 2. The number of alkyl carbamates (subject to hydrolysis) is 1. The van der Waals surface area contributed by atoms with Gasteiger partial charge in [0.05, 0.1) is 21.8 Å². The van der Waals surface area contributed by atoms with Crippen molar-refractivity contribution >= 4 is 40.9 Å². The van der Waals surface area contributed by atoms with E-state index in [0.29, 0.717) is 0 Å². The van der Waals surface area contributed by atoms with E-state index in [2.05, 4.69) is 10.6 Å². The third-order valence-electron chi connectivity index (χ3n) is 2.75. The number of nitrogens with one attached hydrogen (secondary N) is 2. The molecular weight excluding hydrogens is 360 g/mol. The van der Waals surface area contributed by atoms with E-state index in [1.54, 1.807) is 20.8 Å². The molecule has 0 unspecified atom stereocenters. The zero-order valence-corrected chi connectivity index (χ0v) is 15.1. The van der Waals surface area contributed by atoms with Crippen molar-refractivity contribution in [2.24, 2.45) is 5.73 Å². The van der Waals surface area contributed by atoms with Gasteiger partial charge in [-0.2, -0.15) is 0 Å². The quantitative estimate of drug-likeness (QED) is 0.684. The maximum Gasteiger partial charge on any atom is 0.407 e. The predicted octanol–water partition coefficient (Wildman–Crippen LogP) is 3.31. The number of hydrogen-bond donors (Lipinski definition) is 3. The number of nitrogens with two attached hydrogens (primary N) is 1. The Hall–Kier alpha value is -1.57. The lowest BCUT2D eigenvalue weighted by molar-refractivity contribution is -0.117. The highest BCUT2D eigenvalue weighted by Crippen LogP contribution is 2.29. The van der Waals surface area contributed by atoms with Crippen molar-refractivity contribution in [3.05, 3.63) is 28.0 Å². The number of carbonyl (C=O) groups excluding carboxylic acids is 2. The van der Waals surface area contributed by atoms with E-state index in [-0.39, 0.29) is 28.7 Å². The number of anilines is 1. The summed E-state index contributed by atoms with van der Waals surface area (Å²) in [5.41, 5.74) is 4.97. The molecule has 0 heterocycles. The van der Waals surface area contributed by atoms with Crippen LogP contribution in [0.5, 0.6) is 0 Å². The van der Waals surface area contributed by atoms with Gasteiger partial charge in [-0.3, -0.25) is 4.79 Å². The molecule has 0 aliphatic carbocycles. The Balaban J connectivity index is 2.49. The summed E-state index contributed by atoms with van der Waals surface area (Å²) in [6.07, 6.45) is -0.459. The monoisotopic (exact) mass is 379 g/mol. The second kappa shape index (κ2) is 8.50. The molecule has 1 rings (SSSR count). The van der Waals surface area contributed by atoms with Gasteiger partial charge in [0, 0.05) is 6.54 Å². The first-order valence-electron chi connectivity index (χ1n) is 7.18. The number of amides is 2. The van der Waals surface area contributed by atoms with Crippen molar-refractivity contribution in [3.63, 3.8) is 0 Å². The van der Waals surface area contributed by atoms with Crippen LogP contribution in [0.2, 0.25) is 10.0 Å². The molecule has 0 aliphatic rings. The Morgan fingerprint density at radius 3 is 2.54 bits per heavy atom. The molecule has 0 aromatic heterocycles. The zero-order chi connectivity index (χ0) is 18.5. The molecule has 0 bridgehead atoms. The van der Waals surface area contributed by atoms with Crippen LogP contribution in [0, 0.1) is 5.82 Å². The first-order chi connectivity index (χ1) is 11.0. The predicted molar refractivity (Wildman–Crippen MR) is 91.9 cm³/mol. The molecule has 0 saturated carbocycles. The second-order valence-corrected chi connectivity index (χ2v) is 6.82. The van der Waals surface area contributed by atoms with Gasteiger partial charge in [0.1, 0.15) is 5.60 Å². The smallest absolute Gasteiger partial charge is 0.407 e. The Kier molecular flexibility index (Phi) is 7.26. The van der Waals surface area contributed by atoms with Gasteiger partial charge in [-0.1, -0.05) is 23.2 Å². The van der Waals surface area contributed by atoms with Gasteiger partial charge in [0.15, 0.2) is 5.82 Å². The Bertz CT molecular complexity index is 621. The molecule has 4 N–H and O–H groups in total. The first-order valence-corrected chi connectivity index (χ1v) is 7.93. The number of ether oxygens (including phenoxy) is 1. The summed E-state index contributed by atoms with van der Waals surface area (Å²) < 4.78 is 18.9. The summed E-state index contributed by atoms with van der Waals surface area (Å²) in [7, 11) is 0. The molecule has 2 amide bonds. The van der Waals surface area contributed by atoms with Gasteiger partial charge < -0.3 is 21.1 Å². The van der Waals surface area contributed by atoms with E-state index >= 15 is 0 Å². The summed E-state index contributed by atoms with van der Waals surface area (Å²) in [6, 6.07) is 1.69. The van der Waals surface area contributed by atoms with Crippen molar-refractivity contribution in [3.8, 4) is 0 Å². The SMILES string of the molecule is CC(C)(C)OC(=O)NCC[C@H](N)C(=O)Nc1ccc(Cl)c(Cl)c1F. The number of hydrogen-bond acceptors (Lipinski definition) is 4. The third-order valence-corrected chi connectivity index (χ3v) is 3.53. The molecular formula is C15H20Cl2FN3O3. The third kappa shape index (κ3) is 6.51. The van der Waals surface area contributed by atoms with Gasteiger partial charge in [0.2, 0.25) is 5.91 Å². The second-order valence-electron chi connectivity index (χ2n) is 6.04. The highest BCUT2D eigenvalue weighted by atomic mass is 35.5. The summed E-state index contributed by atoms with van der Waals surface area (Å²) >= 11 is 11.3. The van der Waals surface area contributed by atoms with Gasteiger partial charge in [-0.25, -0.2) is 9.18 Å². The van der Waals surface area contributed by atoms with E-state index < -0.39 is 29.5 Å². The van der Waals surface area contributed by atoms with Crippen LogP contribution in [0.3, 0.4) is 0 Å². The van der Waals surface area contributed by atoms with Gasteiger partial charge in [-0.05, 0) is 39.3 Å². The summed E-state index contributed by atoms with van der Waals surface area (Å²) in [5, 5.41) is 4.57. The number of benzene rings is 1. The molecule has 0 saturated heterocycles. The van der Waals surface area contributed by atoms with Gasteiger partial charge >= 0.3 is 6.09 Å². The van der Waals surface area contributed by atoms with Crippen molar-refractivity contribution < 1.29 is 18.7 Å². The summed E-state index contributed by atoms with van der Waals surface area (Å²) in [4.78, 5) is 23.4. The highest BCUT2D eigenvalue weighted by Gasteiger charge is 2.19. The fourth-order valence-electron chi connectivity index (χ4n) is 1.62. The van der Waals surface area contributed by atoms with E-state index in [1.165, 1.54) is 12.1 Å². The van der Waals surface area contributed by atoms with E-state index in [4.69, 9.17) is 33.7 Å². The van der Waals surface area contributed by atoms with E-state index in [9.17, 15) is 14.0 Å². The van der Waals surface area contributed by atoms with Crippen molar-refractivity contribution in [2.45, 2.75) is 38.8 Å². The lowest BCUT2D eigenvalue weighted by Crippen LogP contribution is -2.40. The molecule has 0 aliphatic heterocycles. The fraction of sp³-hybridized carbons (Fsp3) is 0.467. The van der Waals surface area contributed by atoms with Crippen molar-refractivity contribution in [1.82, 2.24) is 5.32 Å². The van der Waals surface area contributed by atoms with Crippen LogP contribution in [0.4, 0.5) is 14.9 Å². The van der Waals surface area contributed by atoms with Crippen LogP contribution in [0.15, 0.2) is 12.1 Å². The van der Waals surface area contributed by atoms with Crippen LogP contribution in [0.25, 0.3) is 0 Å². The Labute approximate surface area is 149 Å². The molecule has 1 aromatic carbocycles. The molecule has 0 spiro atoms. The standard InChI is InChI=1S/C15H20Cl2FN3O3/c1-15(2,3)24-14(23)20-7-6-9(19)13(22)21-10-5-4-8(16)11(17)12(10)18/h4-5,9H,6-7,19H2,1-3H3,(H,20,23)(H,21,22)/t9-/m0/s1. The zero-order valence-electron chi connectivity index (χ0n) is 13.6. The van der Waals surface area contributed by atoms with Crippen LogP contribution < -0.4 is 16.4 Å². The molecule has 134 valence electrons. The maximum atomic E-state index is 13.9. The summed E-state index contributed by atoms with van der Waals surface area (Å²) in [5.74, 6) is -1.45. The van der Waals surface area contributed by atoms with Crippen LogP contribution in [0.1, 0.15) is 27.2 Å². The fourth-order valence-corrected chi connectivity index (χ4v) is 1.93. The van der Waals surface area contributed by atoms with E-state index in [1.807, 2.05) is 0 Å². The first kappa shape index (κ1) is 20.5. The minimum atomic E-state index is -0.950. The lowest BCUT2D eigenvalue weighted by Gasteiger charge is -2.20. The van der Waals surface area contributed by atoms with Crippen molar-refractivity contribution in [2.75, 3.05) is 11.9 Å². The van der Waals surface area contributed by atoms with E-state index in [0.717, 1.165) is 0 Å². The molecule has 24 heavy (non-hydrogen) atoms. The normalized spacial score (nSPS) is 12.5. The van der Waals surface area contributed by atoms with Crippen LogP contribution >= 0.6 is 23.2 Å². The number of halogens is 3. The molecule has 6 nitrogen and oxygen atoms in total. The summed E-state index contributed by atoms with van der Waals surface area (Å²) in [6.45, 7) is 5.33. The average molecular weight is 380 g/mol. The molecule has 1 atom stereocenters. The van der Waals surface area contributed by atoms with Gasteiger partial charge in [-0.15, -0.1) is 0 Å². The van der Waals surface area contributed by atoms with Crippen LogP contribution in [-0.4, -0.2) is 30.2 Å². The van der Waals surface area contributed by atoms with Gasteiger partial charge in [0.25, 0.3) is 0 Å². The maximum absolute atomic E-state index is 13.9. The average Bonchev–Trinajstić information content (AvgIpc) is 2.45. The molecule has 0 fully saturated rings. The lowest BCUT2D eigenvalue weighted by atomic mass is 10.2. The van der Waals surface area contributed by atoms with Crippen molar-refractivity contribution in [1.29, 1.82) is 0 Å². The molecule has 9 heteroatoms.